The molecule has 26 heavy (non-hydrogen) atoms. The highest BCUT2D eigenvalue weighted by Gasteiger charge is 2.14. The summed E-state index contributed by atoms with van der Waals surface area (Å²) in [4.78, 5) is 17.7. The zero-order valence-corrected chi connectivity index (χ0v) is 15.8. The fourth-order valence-electron chi connectivity index (χ4n) is 2.66. The second-order valence-corrected chi connectivity index (χ2v) is 7.47. The SMILES string of the molecule is O=C(Cc1csc2nc(-c3cccc(Br)c3)cn12)Nc1ccccc1F. The Labute approximate surface area is 161 Å². The van der Waals surface area contributed by atoms with Crippen LogP contribution in [-0.4, -0.2) is 15.3 Å². The number of aromatic nitrogens is 2. The Morgan fingerprint density at radius 1 is 1.23 bits per heavy atom. The first-order chi connectivity index (χ1) is 12.6. The molecular formula is C19H13BrFN3OS. The van der Waals surface area contributed by atoms with Crippen LogP contribution in [0.3, 0.4) is 0 Å². The fourth-order valence-corrected chi connectivity index (χ4v) is 3.94. The summed E-state index contributed by atoms with van der Waals surface area (Å²) in [5, 5.41) is 4.51. The van der Waals surface area contributed by atoms with E-state index in [0.717, 1.165) is 26.4 Å². The van der Waals surface area contributed by atoms with E-state index in [9.17, 15) is 9.18 Å². The Hall–Kier alpha value is -2.51. The number of hydrogen-bond acceptors (Lipinski definition) is 3. The van der Waals surface area contributed by atoms with Gasteiger partial charge < -0.3 is 5.32 Å². The lowest BCUT2D eigenvalue weighted by Gasteiger charge is -2.05. The van der Waals surface area contributed by atoms with Gasteiger partial charge in [-0.2, -0.15) is 0 Å². The van der Waals surface area contributed by atoms with Crippen molar-refractivity contribution >= 4 is 43.8 Å². The summed E-state index contributed by atoms with van der Waals surface area (Å²) in [7, 11) is 0. The largest absolute Gasteiger partial charge is 0.323 e. The van der Waals surface area contributed by atoms with E-state index >= 15 is 0 Å². The van der Waals surface area contributed by atoms with Crippen LogP contribution in [-0.2, 0) is 11.2 Å². The molecule has 0 radical (unpaired) electrons. The maximum atomic E-state index is 13.7. The van der Waals surface area contributed by atoms with Crippen molar-refractivity contribution in [3.05, 3.63) is 76.1 Å². The molecule has 0 aliphatic rings. The lowest BCUT2D eigenvalue weighted by Crippen LogP contribution is -2.16. The van der Waals surface area contributed by atoms with Crippen molar-refractivity contribution in [1.29, 1.82) is 0 Å². The molecule has 1 amide bonds. The second kappa shape index (κ2) is 7.01. The van der Waals surface area contributed by atoms with Crippen LogP contribution >= 0.6 is 27.3 Å². The van der Waals surface area contributed by atoms with Crippen molar-refractivity contribution in [2.75, 3.05) is 5.32 Å². The van der Waals surface area contributed by atoms with E-state index in [-0.39, 0.29) is 18.0 Å². The highest BCUT2D eigenvalue weighted by molar-refractivity contribution is 9.10. The summed E-state index contributed by atoms with van der Waals surface area (Å²) < 4.78 is 16.6. The lowest BCUT2D eigenvalue weighted by molar-refractivity contribution is -0.115. The number of fused-ring (bicyclic) bond motifs is 1. The second-order valence-electron chi connectivity index (χ2n) is 5.72. The van der Waals surface area contributed by atoms with Crippen molar-refractivity contribution < 1.29 is 9.18 Å². The molecule has 2 aromatic heterocycles. The molecule has 0 atom stereocenters. The minimum atomic E-state index is -0.448. The van der Waals surface area contributed by atoms with Crippen molar-refractivity contribution in [3.8, 4) is 11.3 Å². The van der Waals surface area contributed by atoms with Crippen molar-refractivity contribution in [2.24, 2.45) is 0 Å². The van der Waals surface area contributed by atoms with Gasteiger partial charge >= 0.3 is 0 Å². The molecule has 0 unspecified atom stereocenters. The van der Waals surface area contributed by atoms with Crippen molar-refractivity contribution in [1.82, 2.24) is 9.38 Å². The molecular weight excluding hydrogens is 417 g/mol. The number of nitrogens with zero attached hydrogens (tertiary/aromatic N) is 2. The minimum absolute atomic E-state index is 0.141. The molecule has 0 aliphatic carbocycles. The number of thiazole rings is 1. The first kappa shape index (κ1) is 16.9. The number of para-hydroxylation sites is 1. The standard InChI is InChI=1S/C19H13BrFN3OS/c20-13-5-3-4-12(8-13)17-10-24-14(11-26-19(24)23-17)9-18(25)22-16-7-2-1-6-15(16)21/h1-8,10-11H,9H2,(H,22,25). The van der Waals surface area contributed by atoms with Gasteiger partial charge in [0.05, 0.1) is 17.8 Å². The fraction of sp³-hybridized carbons (Fsp3) is 0.0526. The predicted octanol–water partition coefficient (Wildman–Crippen LogP) is 5.15. The number of nitrogens with one attached hydrogen (secondary N) is 1. The van der Waals surface area contributed by atoms with Gasteiger partial charge in [0.2, 0.25) is 5.91 Å². The van der Waals surface area contributed by atoms with Gasteiger partial charge in [0.1, 0.15) is 5.82 Å². The van der Waals surface area contributed by atoms with Gasteiger partial charge in [-0.25, -0.2) is 9.37 Å². The van der Waals surface area contributed by atoms with Crippen LogP contribution in [0.5, 0.6) is 0 Å². The van der Waals surface area contributed by atoms with Gasteiger partial charge in [-0.3, -0.25) is 9.20 Å². The molecule has 2 heterocycles. The smallest absolute Gasteiger partial charge is 0.230 e. The number of halogens is 2. The summed E-state index contributed by atoms with van der Waals surface area (Å²) in [6.45, 7) is 0. The van der Waals surface area contributed by atoms with Gasteiger partial charge in [0.15, 0.2) is 4.96 Å². The van der Waals surface area contributed by atoms with E-state index in [1.165, 1.54) is 17.4 Å². The maximum Gasteiger partial charge on any atom is 0.230 e. The minimum Gasteiger partial charge on any atom is -0.323 e. The zero-order chi connectivity index (χ0) is 18.1. The molecule has 0 saturated heterocycles. The third-order valence-electron chi connectivity index (χ3n) is 3.89. The van der Waals surface area contributed by atoms with Gasteiger partial charge in [-0.05, 0) is 24.3 Å². The lowest BCUT2D eigenvalue weighted by atomic mass is 10.2. The molecule has 4 rings (SSSR count). The molecule has 1 N–H and O–H groups in total. The monoisotopic (exact) mass is 429 g/mol. The topological polar surface area (TPSA) is 46.4 Å². The number of rotatable bonds is 4. The summed E-state index contributed by atoms with van der Waals surface area (Å²) in [6.07, 6.45) is 2.06. The Kier molecular flexibility index (Phi) is 4.57. The molecule has 4 nitrogen and oxygen atoms in total. The quantitative estimate of drug-likeness (QED) is 0.487. The van der Waals surface area contributed by atoms with Crippen LogP contribution < -0.4 is 5.32 Å². The van der Waals surface area contributed by atoms with E-state index < -0.39 is 5.82 Å². The Balaban J connectivity index is 1.57. The number of anilines is 1. The molecule has 2 aromatic carbocycles. The van der Waals surface area contributed by atoms with Gasteiger partial charge in [0, 0.05) is 27.3 Å². The van der Waals surface area contributed by atoms with Crippen LogP contribution in [0.1, 0.15) is 5.69 Å². The van der Waals surface area contributed by atoms with E-state index in [4.69, 9.17) is 0 Å². The molecule has 0 aliphatic heterocycles. The number of benzene rings is 2. The molecule has 0 bridgehead atoms. The maximum absolute atomic E-state index is 13.7. The van der Waals surface area contributed by atoms with Crippen LogP contribution in [0.2, 0.25) is 0 Å². The first-order valence-electron chi connectivity index (χ1n) is 7.86. The predicted molar refractivity (Wildman–Crippen MR) is 105 cm³/mol. The Morgan fingerprint density at radius 3 is 2.88 bits per heavy atom. The number of amides is 1. The van der Waals surface area contributed by atoms with Crippen molar-refractivity contribution in [2.45, 2.75) is 6.42 Å². The third kappa shape index (κ3) is 3.40. The van der Waals surface area contributed by atoms with E-state index in [1.54, 1.807) is 18.2 Å². The number of imidazole rings is 1. The van der Waals surface area contributed by atoms with Gasteiger partial charge in [-0.1, -0.05) is 40.2 Å². The number of carbonyl (C=O) groups excluding carboxylic acids is 1. The van der Waals surface area contributed by atoms with Crippen LogP contribution in [0.4, 0.5) is 10.1 Å². The van der Waals surface area contributed by atoms with Crippen LogP contribution in [0.15, 0.2) is 64.6 Å². The number of carbonyl (C=O) groups is 1. The third-order valence-corrected chi connectivity index (χ3v) is 5.28. The normalized spacial score (nSPS) is 11.0. The molecule has 0 spiro atoms. The van der Waals surface area contributed by atoms with Crippen LogP contribution in [0.25, 0.3) is 16.2 Å². The molecule has 7 heteroatoms. The van der Waals surface area contributed by atoms with Gasteiger partial charge in [-0.15, -0.1) is 11.3 Å². The Bertz CT molecular complexity index is 1110. The highest BCUT2D eigenvalue weighted by Crippen LogP contribution is 2.26. The summed E-state index contributed by atoms with van der Waals surface area (Å²) in [6, 6.07) is 14.0. The molecule has 0 fully saturated rings. The molecule has 4 aromatic rings. The van der Waals surface area contributed by atoms with E-state index in [0.29, 0.717) is 0 Å². The van der Waals surface area contributed by atoms with E-state index in [1.807, 2.05) is 40.2 Å². The average molecular weight is 430 g/mol. The molecule has 0 saturated carbocycles. The highest BCUT2D eigenvalue weighted by atomic mass is 79.9. The van der Waals surface area contributed by atoms with Crippen molar-refractivity contribution in [3.63, 3.8) is 0 Å². The summed E-state index contributed by atoms with van der Waals surface area (Å²) in [5.74, 6) is -0.719. The van der Waals surface area contributed by atoms with Crippen LogP contribution in [0, 0.1) is 5.82 Å². The Morgan fingerprint density at radius 2 is 2.08 bits per heavy atom. The first-order valence-corrected chi connectivity index (χ1v) is 9.53. The number of hydrogen-bond donors (Lipinski definition) is 1. The van der Waals surface area contributed by atoms with Gasteiger partial charge in [0.25, 0.3) is 0 Å². The summed E-state index contributed by atoms with van der Waals surface area (Å²) in [5.41, 5.74) is 2.84. The average Bonchev–Trinajstić information content (AvgIpc) is 3.19. The summed E-state index contributed by atoms with van der Waals surface area (Å²) >= 11 is 4.93. The zero-order valence-electron chi connectivity index (χ0n) is 13.4. The molecule has 130 valence electrons. The van der Waals surface area contributed by atoms with E-state index in [2.05, 4.69) is 26.2 Å².